The van der Waals surface area contributed by atoms with Gasteiger partial charge in [-0.3, -0.25) is 9.59 Å². The van der Waals surface area contributed by atoms with Gasteiger partial charge in [0.1, 0.15) is 0 Å². The van der Waals surface area contributed by atoms with Crippen LogP contribution in [0.15, 0.2) is 47.0 Å². The number of carbonyl (C=O) groups excluding carboxylic acids is 2. The predicted molar refractivity (Wildman–Crippen MR) is 122 cm³/mol. The summed E-state index contributed by atoms with van der Waals surface area (Å²) < 4.78 is 5.35. The van der Waals surface area contributed by atoms with Crippen molar-refractivity contribution in [3.05, 3.63) is 58.6 Å². The van der Waals surface area contributed by atoms with Gasteiger partial charge in [0.25, 0.3) is 11.6 Å². The SMILES string of the molecule is Cc1ccc(-c2cc(C(=O)Nc3ccc(NC(=O)C(C)C)cc3)c3c(C)noc3n2)s1. The summed E-state index contributed by atoms with van der Waals surface area (Å²) in [4.78, 5) is 31.6. The van der Waals surface area contributed by atoms with E-state index in [0.717, 1.165) is 9.75 Å². The van der Waals surface area contributed by atoms with Crippen LogP contribution in [0.2, 0.25) is 0 Å². The molecule has 0 saturated heterocycles. The Bertz CT molecular complexity index is 1270. The molecule has 8 heteroatoms. The maximum Gasteiger partial charge on any atom is 0.259 e. The van der Waals surface area contributed by atoms with Gasteiger partial charge in [0, 0.05) is 22.2 Å². The largest absolute Gasteiger partial charge is 0.335 e. The van der Waals surface area contributed by atoms with Crippen LogP contribution in [0.4, 0.5) is 11.4 Å². The number of hydrogen-bond acceptors (Lipinski definition) is 6. The molecule has 0 aliphatic rings. The molecule has 158 valence electrons. The number of aryl methyl sites for hydroxylation is 2. The van der Waals surface area contributed by atoms with Gasteiger partial charge in [-0.15, -0.1) is 11.3 Å². The predicted octanol–water partition coefficient (Wildman–Crippen LogP) is 5.41. The van der Waals surface area contributed by atoms with E-state index in [2.05, 4.69) is 20.8 Å². The first-order chi connectivity index (χ1) is 14.8. The Labute approximate surface area is 183 Å². The van der Waals surface area contributed by atoms with Gasteiger partial charge >= 0.3 is 0 Å². The lowest BCUT2D eigenvalue weighted by Crippen LogP contribution is -2.17. The molecule has 0 atom stereocenters. The average molecular weight is 435 g/mol. The van der Waals surface area contributed by atoms with E-state index in [-0.39, 0.29) is 17.7 Å². The summed E-state index contributed by atoms with van der Waals surface area (Å²) in [5, 5.41) is 10.3. The van der Waals surface area contributed by atoms with E-state index in [1.54, 1.807) is 48.6 Å². The van der Waals surface area contributed by atoms with Crippen molar-refractivity contribution in [2.24, 2.45) is 5.92 Å². The van der Waals surface area contributed by atoms with Crippen LogP contribution in [0.1, 0.15) is 34.8 Å². The zero-order valence-corrected chi connectivity index (χ0v) is 18.5. The number of carbonyl (C=O) groups is 2. The van der Waals surface area contributed by atoms with Crippen LogP contribution in [-0.2, 0) is 4.79 Å². The van der Waals surface area contributed by atoms with Crippen molar-refractivity contribution in [2.45, 2.75) is 27.7 Å². The molecule has 3 aromatic heterocycles. The van der Waals surface area contributed by atoms with Crippen LogP contribution in [0.5, 0.6) is 0 Å². The van der Waals surface area contributed by atoms with Crippen molar-refractivity contribution in [1.82, 2.24) is 10.1 Å². The number of rotatable bonds is 5. The van der Waals surface area contributed by atoms with Gasteiger partial charge in [0.2, 0.25) is 5.91 Å². The number of anilines is 2. The second-order valence-corrected chi connectivity index (χ2v) is 8.88. The Balaban J connectivity index is 1.63. The topological polar surface area (TPSA) is 97.1 Å². The summed E-state index contributed by atoms with van der Waals surface area (Å²) in [5.41, 5.74) is 3.33. The highest BCUT2D eigenvalue weighted by Crippen LogP contribution is 2.31. The third kappa shape index (κ3) is 4.34. The van der Waals surface area contributed by atoms with Gasteiger partial charge in [0.05, 0.1) is 27.2 Å². The summed E-state index contributed by atoms with van der Waals surface area (Å²) >= 11 is 1.60. The van der Waals surface area contributed by atoms with E-state index in [9.17, 15) is 9.59 Å². The summed E-state index contributed by atoms with van der Waals surface area (Å²) in [6, 6.07) is 12.8. The van der Waals surface area contributed by atoms with Gasteiger partial charge in [-0.25, -0.2) is 4.98 Å². The van der Waals surface area contributed by atoms with E-state index in [1.165, 1.54) is 0 Å². The van der Waals surface area contributed by atoms with E-state index < -0.39 is 0 Å². The lowest BCUT2D eigenvalue weighted by atomic mass is 10.1. The maximum atomic E-state index is 13.1. The zero-order valence-electron chi connectivity index (χ0n) is 17.6. The van der Waals surface area contributed by atoms with Gasteiger partial charge in [-0.1, -0.05) is 19.0 Å². The van der Waals surface area contributed by atoms with Gasteiger partial charge in [-0.2, -0.15) is 0 Å². The van der Waals surface area contributed by atoms with Gasteiger partial charge < -0.3 is 15.2 Å². The molecule has 0 fully saturated rings. The zero-order chi connectivity index (χ0) is 22.1. The van der Waals surface area contributed by atoms with E-state index in [4.69, 9.17) is 4.52 Å². The van der Waals surface area contributed by atoms with Crippen molar-refractivity contribution in [1.29, 1.82) is 0 Å². The fraction of sp³-hybridized carbons (Fsp3) is 0.217. The van der Waals surface area contributed by atoms with Crippen LogP contribution in [0.3, 0.4) is 0 Å². The van der Waals surface area contributed by atoms with Gasteiger partial charge in [-0.05, 0) is 56.3 Å². The molecule has 0 aliphatic heterocycles. The normalized spacial score (nSPS) is 11.1. The van der Waals surface area contributed by atoms with Crippen LogP contribution >= 0.6 is 11.3 Å². The van der Waals surface area contributed by atoms with Crippen LogP contribution < -0.4 is 10.6 Å². The minimum atomic E-state index is -0.285. The Hall–Kier alpha value is -3.52. The highest BCUT2D eigenvalue weighted by molar-refractivity contribution is 7.15. The first-order valence-electron chi connectivity index (χ1n) is 9.88. The number of amides is 2. The fourth-order valence-electron chi connectivity index (χ4n) is 3.09. The molecule has 4 rings (SSSR count). The van der Waals surface area contributed by atoms with Crippen molar-refractivity contribution in [3.63, 3.8) is 0 Å². The molecule has 0 unspecified atom stereocenters. The molecule has 2 amide bonds. The van der Waals surface area contributed by atoms with Gasteiger partial charge in [0.15, 0.2) is 0 Å². The smallest absolute Gasteiger partial charge is 0.259 e. The molecule has 0 aliphatic carbocycles. The van der Waals surface area contributed by atoms with Crippen LogP contribution in [0, 0.1) is 19.8 Å². The Morgan fingerprint density at radius 3 is 2.29 bits per heavy atom. The number of nitrogens with one attached hydrogen (secondary N) is 2. The molecule has 7 nitrogen and oxygen atoms in total. The van der Waals surface area contributed by atoms with E-state index in [1.807, 2.05) is 32.9 Å². The Kier molecular flexibility index (Phi) is 5.56. The Morgan fingerprint density at radius 2 is 1.68 bits per heavy atom. The molecular weight excluding hydrogens is 412 g/mol. The number of fused-ring (bicyclic) bond motifs is 1. The third-order valence-electron chi connectivity index (χ3n) is 4.79. The average Bonchev–Trinajstić information content (AvgIpc) is 3.34. The first-order valence-corrected chi connectivity index (χ1v) is 10.7. The van der Waals surface area contributed by atoms with E-state index >= 15 is 0 Å². The fourth-order valence-corrected chi connectivity index (χ4v) is 3.92. The summed E-state index contributed by atoms with van der Waals surface area (Å²) in [6.07, 6.45) is 0. The van der Waals surface area contributed by atoms with Crippen molar-refractivity contribution >= 4 is 45.6 Å². The molecule has 31 heavy (non-hydrogen) atoms. The van der Waals surface area contributed by atoms with Crippen LogP contribution in [0.25, 0.3) is 21.7 Å². The lowest BCUT2D eigenvalue weighted by molar-refractivity contribution is -0.118. The number of nitrogens with zero attached hydrogens (tertiary/aromatic N) is 2. The summed E-state index contributed by atoms with van der Waals surface area (Å²) in [7, 11) is 0. The molecular formula is C23H22N4O3S. The lowest BCUT2D eigenvalue weighted by Gasteiger charge is -2.10. The molecule has 3 heterocycles. The number of benzene rings is 1. The molecule has 0 saturated carbocycles. The molecule has 2 N–H and O–H groups in total. The number of thiophene rings is 1. The number of aromatic nitrogens is 2. The van der Waals surface area contributed by atoms with Crippen molar-refractivity contribution < 1.29 is 14.1 Å². The molecule has 1 aromatic carbocycles. The van der Waals surface area contributed by atoms with Crippen molar-refractivity contribution in [2.75, 3.05) is 10.6 Å². The summed E-state index contributed by atoms with van der Waals surface area (Å²) in [5.74, 6) is -0.455. The monoisotopic (exact) mass is 434 g/mol. The first kappa shape index (κ1) is 20.7. The second kappa shape index (κ2) is 8.31. The quantitative estimate of drug-likeness (QED) is 0.437. The highest BCUT2D eigenvalue weighted by Gasteiger charge is 2.20. The number of pyridine rings is 1. The number of hydrogen-bond donors (Lipinski definition) is 2. The third-order valence-corrected chi connectivity index (χ3v) is 5.81. The maximum absolute atomic E-state index is 13.1. The van der Waals surface area contributed by atoms with Crippen molar-refractivity contribution in [3.8, 4) is 10.6 Å². The second-order valence-electron chi connectivity index (χ2n) is 7.59. The Morgan fingerprint density at radius 1 is 1.00 bits per heavy atom. The molecule has 4 aromatic rings. The van der Waals surface area contributed by atoms with E-state index in [0.29, 0.717) is 39.4 Å². The van der Waals surface area contributed by atoms with Crippen LogP contribution in [-0.4, -0.2) is 22.0 Å². The molecule has 0 bridgehead atoms. The minimum absolute atomic E-state index is 0.0600. The molecule has 0 radical (unpaired) electrons. The summed E-state index contributed by atoms with van der Waals surface area (Å²) in [6.45, 7) is 7.47. The minimum Gasteiger partial charge on any atom is -0.335 e. The standard InChI is InChI=1S/C23H22N4O3S/c1-12(2)21(28)24-15-6-8-16(9-7-15)25-22(29)17-11-18(19-10-5-13(3)31-19)26-23-20(17)14(4)27-30-23/h5-12H,1-4H3,(H,24,28)(H,25,29). The molecule has 0 spiro atoms. The highest BCUT2D eigenvalue weighted by atomic mass is 32.1.